The third-order valence-electron chi connectivity index (χ3n) is 3.83. The van der Waals surface area contributed by atoms with Gasteiger partial charge in [0.1, 0.15) is 11.5 Å². The van der Waals surface area contributed by atoms with Crippen LogP contribution in [0.15, 0.2) is 61.2 Å². The van der Waals surface area contributed by atoms with Crippen molar-refractivity contribution in [3.05, 3.63) is 66.7 Å². The van der Waals surface area contributed by atoms with Gasteiger partial charge >= 0.3 is 0 Å². The molecule has 0 bridgehead atoms. The molecule has 0 fully saturated rings. The lowest BCUT2D eigenvalue weighted by Crippen LogP contribution is -2.11. The number of benzene rings is 2. The molecule has 0 aliphatic carbocycles. The van der Waals surface area contributed by atoms with Crippen LogP contribution >= 0.6 is 0 Å². The van der Waals surface area contributed by atoms with E-state index in [1.165, 1.54) is 5.56 Å². The van der Waals surface area contributed by atoms with E-state index in [1.807, 2.05) is 42.5 Å². The van der Waals surface area contributed by atoms with E-state index in [4.69, 9.17) is 9.47 Å². The van der Waals surface area contributed by atoms with Gasteiger partial charge in [0.05, 0.1) is 20.3 Å². The summed E-state index contributed by atoms with van der Waals surface area (Å²) in [7, 11) is 3.37. The molecule has 0 spiro atoms. The van der Waals surface area contributed by atoms with Crippen LogP contribution in [0.2, 0.25) is 0 Å². The van der Waals surface area contributed by atoms with Crippen LogP contribution in [-0.4, -0.2) is 14.2 Å². The molecule has 2 rings (SSSR count). The molecule has 1 atom stereocenters. The van der Waals surface area contributed by atoms with Crippen LogP contribution in [0.5, 0.6) is 11.5 Å². The van der Waals surface area contributed by atoms with Gasteiger partial charge in [0, 0.05) is 5.69 Å². The molecule has 0 aliphatic heterocycles. The smallest absolute Gasteiger partial charge is 0.119 e. The lowest BCUT2D eigenvalue weighted by atomic mass is 10.00. The van der Waals surface area contributed by atoms with Gasteiger partial charge in [-0.3, -0.25) is 0 Å². The van der Waals surface area contributed by atoms with Crippen molar-refractivity contribution in [3.8, 4) is 11.5 Å². The van der Waals surface area contributed by atoms with Crippen molar-refractivity contribution < 1.29 is 9.47 Å². The van der Waals surface area contributed by atoms with Gasteiger partial charge < -0.3 is 14.8 Å². The minimum Gasteiger partial charge on any atom is -0.497 e. The van der Waals surface area contributed by atoms with Gasteiger partial charge in [0.25, 0.3) is 0 Å². The van der Waals surface area contributed by atoms with Crippen molar-refractivity contribution in [2.45, 2.75) is 25.3 Å². The molecule has 122 valence electrons. The Morgan fingerprint density at radius 2 is 1.78 bits per heavy atom. The quantitative estimate of drug-likeness (QED) is 0.509. The van der Waals surface area contributed by atoms with Gasteiger partial charge in [-0.1, -0.05) is 18.2 Å². The number of rotatable bonds is 9. The number of nitrogens with one attached hydrogen (secondary N) is 1. The van der Waals surface area contributed by atoms with Gasteiger partial charge in [-0.05, 0) is 61.2 Å². The van der Waals surface area contributed by atoms with E-state index in [0.717, 1.165) is 36.4 Å². The highest BCUT2D eigenvalue weighted by molar-refractivity contribution is 5.48. The molecule has 3 nitrogen and oxygen atoms in total. The maximum atomic E-state index is 5.35. The molecule has 3 heteroatoms. The van der Waals surface area contributed by atoms with Crippen molar-refractivity contribution in [1.29, 1.82) is 0 Å². The average Bonchev–Trinajstić information content (AvgIpc) is 2.61. The number of anilines is 1. The summed E-state index contributed by atoms with van der Waals surface area (Å²) < 4.78 is 10.6. The minimum atomic E-state index is 0.235. The molecule has 2 aromatic carbocycles. The Kier molecular flexibility index (Phi) is 6.55. The van der Waals surface area contributed by atoms with E-state index in [0.29, 0.717) is 0 Å². The van der Waals surface area contributed by atoms with Gasteiger partial charge in [-0.15, -0.1) is 6.58 Å². The summed E-state index contributed by atoms with van der Waals surface area (Å²) in [4.78, 5) is 0. The lowest BCUT2D eigenvalue weighted by Gasteiger charge is -2.21. The number of hydrogen-bond donors (Lipinski definition) is 1. The molecule has 1 N–H and O–H groups in total. The molecule has 2 aromatic rings. The topological polar surface area (TPSA) is 30.5 Å². The first-order chi connectivity index (χ1) is 11.3. The van der Waals surface area contributed by atoms with Crippen molar-refractivity contribution >= 4 is 5.69 Å². The SMILES string of the molecule is C=CCCC[C@H](Nc1ccc(OC)cc1)c1cccc(OC)c1. The van der Waals surface area contributed by atoms with E-state index >= 15 is 0 Å². The summed E-state index contributed by atoms with van der Waals surface area (Å²) in [6, 6.07) is 16.5. The first-order valence-corrected chi connectivity index (χ1v) is 7.92. The Bertz CT molecular complexity index is 607. The van der Waals surface area contributed by atoms with E-state index in [1.54, 1.807) is 14.2 Å². The number of unbranched alkanes of at least 4 members (excludes halogenated alkanes) is 1. The second kappa shape index (κ2) is 8.89. The molecule has 0 aliphatic rings. The first kappa shape index (κ1) is 16.9. The Hall–Kier alpha value is -2.42. The largest absolute Gasteiger partial charge is 0.497 e. The van der Waals surface area contributed by atoms with Crippen LogP contribution < -0.4 is 14.8 Å². The number of hydrogen-bond acceptors (Lipinski definition) is 3. The molecule has 0 heterocycles. The number of allylic oxidation sites excluding steroid dienone is 1. The molecule has 0 unspecified atom stereocenters. The second-order valence-electron chi connectivity index (χ2n) is 5.42. The van der Waals surface area contributed by atoms with Crippen molar-refractivity contribution in [1.82, 2.24) is 0 Å². The van der Waals surface area contributed by atoms with Gasteiger partial charge in [-0.2, -0.15) is 0 Å². The highest BCUT2D eigenvalue weighted by atomic mass is 16.5. The van der Waals surface area contributed by atoms with Gasteiger partial charge in [0.15, 0.2) is 0 Å². The Labute approximate surface area is 138 Å². The summed E-state index contributed by atoms with van der Waals surface area (Å²) in [5.41, 5.74) is 2.31. The molecule has 0 radical (unpaired) electrons. The van der Waals surface area contributed by atoms with Crippen molar-refractivity contribution in [3.63, 3.8) is 0 Å². The van der Waals surface area contributed by atoms with E-state index in [9.17, 15) is 0 Å². The molecular weight excluding hydrogens is 286 g/mol. The maximum absolute atomic E-state index is 5.35. The third kappa shape index (κ3) is 5.06. The molecule has 0 saturated carbocycles. The highest BCUT2D eigenvalue weighted by Gasteiger charge is 2.12. The highest BCUT2D eigenvalue weighted by Crippen LogP contribution is 2.28. The monoisotopic (exact) mass is 311 g/mol. The summed E-state index contributed by atoms with van der Waals surface area (Å²) in [5, 5.41) is 3.61. The zero-order chi connectivity index (χ0) is 16.5. The third-order valence-corrected chi connectivity index (χ3v) is 3.83. The second-order valence-corrected chi connectivity index (χ2v) is 5.42. The maximum Gasteiger partial charge on any atom is 0.119 e. The zero-order valence-electron chi connectivity index (χ0n) is 13.9. The Morgan fingerprint density at radius 3 is 2.43 bits per heavy atom. The van der Waals surface area contributed by atoms with Crippen LogP contribution in [0.4, 0.5) is 5.69 Å². The van der Waals surface area contributed by atoms with E-state index in [-0.39, 0.29) is 6.04 Å². The molecule has 0 amide bonds. The van der Waals surface area contributed by atoms with E-state index < -0.39 is 0 Å². The average molecular weight is 311 g/mol. The predicted octanol–water partition coefficient (Wildman–Crippen LogP) is 5.21. The van der Waals surface area contributed by atoms with E-state index in [2.05, 4.69) is 24.0 Å². The molecule has 23 heavy (non-hydrogen) atoms. The summed E-state index contributed by atoms with van der Waals surface area (Å²) in [6.45, 7) is 3.81. The Morgan fingerprint density at radius 1 is 1.04 bits per heavy atom. The molecule has 0 aromatic heterocycles. The summed E-state index contributed by atoms with van der Waals surface area (Å²) >= 11 is 0. The predicted molar refractivity (Wildman–Crippen MR) is 96.4 cm³/mol. The lowest BCUT2D eigenvalue weighted by molar-refractivity contribution is 0.413. The van der Waals surface area contributed by atoms with Crippen LogP contribution in [0.3, 0.4) is 0 Å². The zero-order valence-corrected chi connectivity index (χ0v) is 13.9. The fourth-order valence-electron chi connectivity index (χ4n) is 2.54. The molecule has 0 saturated heterocycles. The van der Waals surface area contributed by atoms with Crippen molar-refractivity contribution in [2.24, 2.45) is 0 Å². The standard InChI is InChI=1S/C20H25NO2/c1-4-5-6-10-20(16-8-7-9-19(15-16)23-3)21-17-11-13-18(22-2)14-12-17/h4,7-9,11-15,20-21H,1,5-6,10H2,2-3H3/t20-/m0/s1. The van der Waals surface area contributed by atoms with Gasteiger partial charge in [0.2, 0.25) is 0 Å². The fraction of sp³-hybridized carbons (Fsp3) is 0.300. The normalized spacial score (nSPS) is 11.6. The molecular formula is C20H25NO2. The number of ether oxygens (including phenoxy) is 2. The Balaban J connectivity index is 2.16. The summed E-state index contributed by atoms with van der Waals surface area (Å²) in [6.07, 6.45) is 5.11. The van der Waals surface area contributed by atoms with Crippen LogP contribution in [0, 0.1) is 0 Å². The fourth-order valence-corrected chi connectivity index (χ4v) is 2.54. The van der Waals surface area contributed by atoms with Crippen molar-refractivity contribution in [2.75, 3.05) is 19.5 Å². The van der Waals surface area contributed by atoms with Crippen LogP contribution in [0.1, 0.15) is 30.9 Å². The van der Waals surface area contributed by atoms with Gasteiger partial charge in [-0.25, -0.2) is 0 Å². The number of methoxy groups -OCH3 is 2. The minimum absolute atomic E-state index is 0.235. The van der Waals surface area contributed by atoms with Crippen LogP contribution in [-0.2, 0) is 0 Å². The summed E-state index contributed by atoms with van der Waals surface area (Å²) in [5.74, 6) is 1.74. The van der Waals surface area contributed by atoms with Crippen LogP contribution in [0.25, 0.3) is 0 Å². The first-order valence-electron chi connectivity index (χ1n) is 7.92.